The van der Waals surface area contributed by atoms with Crippen LogP contribution in [0.5, 0.6) is 11.6 Å². The minimum Gasteiger partial charge on any atom is -0.465 e. The van der Waals surface area contributed by atoms with Crippen molar-refractivity contribution >= 4 is 28.9 Å². The van der Waals surface area contributed by atoms with Crippen LogP contribution >= 0.6 is 22.9 Å². The van der Waals surface area contributed by atoms with Crippen molar-refractivity contribution in [3.05, 3.63) is 33.6 Å². The molecule has 0 aliphatic heterocycles. The predicted octanol–water partition coefficient (Wildman–Crippen LogP) is 2.77. The molecule has 0 aliphatic rings. The SMILES string of the molecule is COC(=O)c1sccc1Oc1ccc(Cl)nn1. The average molecular weight is 271 g/mol. The van der Waals surface area contributed by atoms with Gasteiger partial charge in [-0.1, -0.05) is 11.6 Å². The number of hydrogen-bond donors (Lipinski definition) is 0. The number of carbonyl (C=O) groups is 1. The maximum absolute atomic E-state index is 11.4. The summed E-state index contributed by atoms with van der Waals surface area (Å²) >= 11 is 6.83. The van der Waals surface area contributed by atoms with Gasteiger partial charge in [0.15, 0.2) is 15.8 Å². The molecule has 2 aromatic heterocycles. The summed E-state index contributed by atoms with van der Waals surface area (Å²) in [6.07, 6.45) is 0. The molecular weight excluding hydrogens is 264 g/mol. The fourth-order valence-electron chi connectivity index (χ4n) is 1.09. The molecule has 0 spiro atoms. The normalized spacial score (nSPS) is 10.0. The third-order valence-electron chi connectivity index (χ3n) is 1.82. The van der Waals surface area contributed by atoms with Gasteiger partial charge in [0.25, 0.3) is 0 Å². The zero-order chi connectivity index (χ0) is 12.3. The lowest BCUT2D eigenvalue weighted by Gasteiger charge is -2.03. The number of halogens is 1. The molecule has 2 heterocycles. The van der Waals surface area contributed by atoms with Crippen molar-refractivity contribution in [1.29, 1.82) is 0 Å². The van der Waals surface area contributed by atoms with Gasteiger partial charge < -0.3 is 9.47 Å². The predicted molar refractivity (Wildman–Crippen MR) is 62.8 cm³/mol. The average Bonchev–Trinajstić information content (AvgIpc) is 2.79. The second kappa shape index (κ2) is 5.11. The molecule has 0 saturated carbocycles. The van der Waals surface area contributed by atoms with E-state index in [0.29, 0.717) is 10.6 Å². The van der Waals surface area contributed by atoms with Crippen molar-refractivity contribution in [3.63, 3.8) is 0 Å². The Hall–Kier alpha value is -1.66. The first-order chi connectivity index (χ1) is 8.20. The Morgan fingerprint density at radius 1 is 1.35 bits per heavy atom. The Labute approximate surface area is 106 Å². The minimum absolute atomic E-state index is 0.262. The molecule has 0 fully saturated rings. The first kappa shape index (κ1) is 11.8. The summed E-state index contributed by atoms with van der Waals surface area (Å²) in [6, 6.07) is 4.77. The number of ether oxygens (including phenoxy) is 2. The van der Waals surface area contributed by atoms with Crippen LogP contribution < -0.4 is 4.74 Å². The van der Waals surface area contributed by atoms with E-state index in [0.717, 1.165) is 0 Å². The van der Waals surface area contributed by atoms with E-state index in [2.05, 4.69) is 14.9 Å². The zero-order valence-corrected chi connectivity index (χ0v) is 10.3. The maximum atomic E-state index is 11.4. The third-order valence-corrected chi connectivity index (χ3v) is 2.90. The van der Waals surface area contributed by atoms with Gasteiger partial charge in [0, 0.05) is 6.07 Å². The van der Waals surface area contributed by atoms with Crippen LogP contribution in [-0.2, 0) is 4.74 Å². The number of hydrogen-bond acceptors (Lipinski definition) is 6. The second-order valence-corrected chi connectivity index (χ2v) is 4.21. The molecule has 2 aromatic rings. The molecule has 0 amide bonds. The van der Waals surface area contributed by atoms with Gasteiger partial charge >= 0.3 is 5.97 Å². The van der Waals surface area contributed by atoms with Crippen LogP contribution in [0.1, 0.15) is 9.67 Å². The van der Waals surface area contributed by atoms with Gasteiger partial charge in [-0.3, -0.25) is 0 Å². The topological polar surface area (TPSA) is 61.3 Å². The van der Waals surface area contributed by atoms with Crippen molar-refractivity contribution in [1.82, 2.24) is 10.2 Å². The first-order valence-corrected chi connectivity index (χ1v) is 5.79. The molecule has 0 bridgehead atoms. The lowest BCUT2D eigenvalue weighted by Crippen LogP contribution is -2.00. The van der Waals surface area contributed by atoms with Gasteiger partial charge in [-0.05, 0) is 17.5 Å². The number of nitrogens with zero attached hydrogens (tertiary/aromatic N) is 2. The van der Waals surface area contributed by atoms with Crippen LogP contribution in [-0.4, -0.2) is 23.3 Å². The lowest BCUT2D eigenvalue weighted by atomic mass is 10.4. The van der Waals surface area contributed by atoms with E-state index in [1.807, 2.05) is 0 Å². The fraction of sp³-hybridized carbons (Fsp3) is 0.100. The number of thiophene rings is 1. The summed E-state index contributed by atoms with van der Waals surface area (Å²) in [5.74, 6) is 0.202. The molecular formula is C10H7ClN2O3S. The highest BCUT2D eigenvalue weighted by Gasteiger charge is 2.15. The molecule has 7 heteroatoms. The first-order valence-electron chi connectivity index (χ1n) is 4.53. The van der Waals surface area contributed by atoms with E-state index >= 15 is 0 Å². The van der Waals surface area contributed by atoms with Crippen molar-refractivity contribution in [2.45, 2.75) is 0 Å². The summed E-state index contributed by atoms with van der Waals surface area (Å²) in [5, 5.41) is 9.36. The van der Waals surface area contributed by atoms with Crippen molar-refractivity contribution in [2.24, 2.45) is 0 Å². The van der Waals surface area contributed by atoms with Crippen LogP contribution in [0.25, 0.3) is 0 Å². The van der Waals surface area contributed by atoms with Crippen LogP contribution in [0, 0.1) is 0 Å². The molecule has 17 heavy (non-hydrogen) atoms. The molecule has 0 aromatic carbocycles. The number of aromatic nitrogens is 2. The highest BCUT2D eigenvalue weighted by Crippen LogP contribution is 2.29. The van der Waals surface area contributed by atoms with E-state index in [4.69, 9.17) is 16.3 Å². The van der Waals surface area contributed by atoms with Gasteiger partial charge in [0.05, 0.1) is 7.11 Å². The molecule has 88 valence electrons. The van der Waals surface area contributed by atoms with E-state index in [1.54, 1.807) is 23.6 Å². The van der Waals surface area contributed by atoms with Gasteiger partial charge in [-0.15, -0.1) is 21.5 Å². The summed E-state index contributed by atoms with van der Waals surface area (Å²) in [6.45, 7) is 0. The zero-order valence-electron chi connectivity index (χ0n) is 8.71. The largest absolute Gasteiger partial charge is 0.465 e. The van der Waals surface area contributed by atoms with Crippen molar-refractivity contribution < 1.29 is 14.3 Å². The smallest absolute Gasteiger partial charge is 0.351 e. The van der Waals surface area contributed by atoms with E-state index in [-0.39, 0.29) is 11.0 Å². The maximum Gasteiger partial charge on any atom is 0.351 e. The molecule has 0 radical (unpaired) electrons. The highest BCUT2D eigenvalue weighted by atomic mass is 35.5. The molecule has 0 unspecified atom stereocenters. The number of esters is 1. The third kappa shape index (κ3) is 2.72. The molecule has 0 saturated heterocycles. The van der Waals surface area contributed by atoms with Gasteiger partial charge in [-0.25, -0.2) is 4.79 Å². The van der Waals surface area contributed by atoms with Crippen LogP contribution in [0.4, 0.5) is 0 Å². The Morgan fingerprint density at radius 3 is 2.82 bits per heavy atom. The molecule has 0 N–H and O–H groups in total. The molecule has 5 nitrogen and oxygen atoms in total. The number of methoxy groups -OCH3 is 1. The summed E-state index contributed by atoms with van der Waals surface area (Å²) in [5.41, 5.74) is 0. The van der Waals surface area contributed by atoms with E-state index in [1.165, 1.54) is 18.4 Å². The highest BCUT2D eigenvalue weighted by molar-refractivity contribution is 7.12. The van der Waals surface area contributed by atoms with Gasteiger partial charge in [0.1, 0.15) is 0 Å². The molecule has 2 rings (SSSR count). The Morgan fingerprint density at radius 2 is 2.18 bits per heavy atom. The molecule has 0 aliphatic carbocycles. The van der Waals surface area contributed by atoms with Gasteiger partial charge in [0.2, 0.25) is 5.88 Å². The van der Waals surface area contributed by atoms with Crippen LogP contribution in [0.2, 0.25) is 5.15 Å². The second-order valence-electron chi connectivity index (χ2n) is 2.90. The van der Waals surface area contributed by atoms with Crippen molar-refractivity contribution in [2.75, 3.05) is 7.11 Å². The summed E-state index contributed by atoms with van der Waals surface area (Å²) < 4.78 is 10.0. The van der Waals surface area contributed by atoms with E-state index in [9.17, 15) is 4.79 Å². The Bertz CT molecular complexity index is 527. The number of rotatable bonds is 3. The van der Waals surface area contributed by atoms with E-state index < -0.39 is 5.97 Å². The molecule has 0 atom stereocenters. The monoisotopic (exact) mass is 270 g/mol. The van der Waals surface area contributed by atoms with Crippen molar-refractivity contribution in [3.8, 4) is 11.6 Å². The Kier molecular flexibility index (Phi) is 3.55. The Balaban J connectivity index is 2.21. The standard InChI is InChI=1S/C10H7ClN2O3S/c1-15-10(14)9-6(4-5-17-9)16-8-3-2-7(11)12-13-8/h2-5H,1H3. The van der Waals surface area contributed by atoms with Gasteiger partial charge in [-0.2, -0.15) is 0 Å². The fourth-order valence-corrected chi connectivity index (χ4v) is 1.92. The quantitative estimate of drug-likeness (QED) is 0.803. The lowest BCUT2D eigenvalue weighted by molar-refractivity contribution is 0.0603. The van der Waals surface area contributed by atoms with Crippen LogP contribution in [0.15, 0.2) is 23.6 Å². The summed E-state index contributed by atoms with van der Waals surface area (Å²) in [4.78, 5) is 11.8. The van der Waals surface area contributed by atoms with Crippen LogP contribution in [0.3, 0.4) is 0 Å². The summed E-state index contributed by atoms with van der Waals surface area (Å²) in [7, 11) is 1.31. The minimum atomic E-state index is -0.447. The number of carbonyl (C=O) groups excluding carboxylic acids is 1.